The first-order chi connectivity index (χ1) is 13.0. The highest BCUT2D eigenvalue weighted by Crippen LogP contribution is 2.38. The van der Waals surface area contributed by atoms with Gasteiger partial charge < -0.3 is 19.7 Å². The Bertz CT molecular complexity index is 829. The van der Waals surface area contributed by atoms with E-state index < -0.39 is 12.8 Å². The highest BCUT2D eigenvalue weighted by molar-refractivity contribution is 6.01. The van der Waals surface area contributed by atoms with Crippen LogP contribution in [0.5, 0.6) is 11.5 Å². The Kier molecular flexibility index (Phi) is 5.48. The van der Waals surface area contributed by atoms with Crippen LogP contribution in [0.2, 0.25) is 0 Å². The van der Waals surface area contributed by atoms with Crippen molar-refractivity contribution in [3.8, 4) is 11.5 Å². The number of alkyl halides is 2. The SMILES string of the molecule is CC[C@H](C)N1C(=O)c2ccccc2N[C@@H]1c1ccc(OC)c(OC(F)F)c1. The summed E-state index contributed by atoms with van der Waals surface area (Å²) in [4.78, 5) is 14.8. The number of carbonyl (C=O) groups is 1. The van der Waals surface area contributed by atoms with Gasteiger partial charge in [0.1, 0.15) is 6.17 Å². The standard InChI is InChI=1S/C20H22F2N2O3/c1-4-12(2)24-18(23-15-8-6-5-7-14(15)19(24)25)13-9-10-16(26-3)17(11-13)27-20(21)22/h5-12,18,20,23H,4H2,1-3H3/t12-,18-/m0/s1. The molecule has 0 spiro atoms. The van der Waals surface area contributed by atoms with Crippen LogP contribution >= 0.6 is 0 Å². The molecule has 0 unspecified atom stereocenters. The van der Waals surface area contributed by atoms with Crippen LogP contribution < -0.4 is 14.8 Å². The average Bonchev–Trinajstić information content (AvgIpc) is 2.67. The molecule has 1 aliphatic heterocycles. The van der Waals surface area contributed by atoms with Crippen molar-refractivity contribution in [1.82, 2.24) is 4.90 Å². The highest BCUT2D eigenvalue weighted by Gasteiger charge is 2.35. The Morgan fingerprint density at radius 2 is 1.93 bits per heavy atom. The van der Waals surface area contributed by atoms with Gasteiger partial charge >= 0.3 is 6.61 Å². The molecule has 1 aliphatic rings. The van der Waals surface area contributed by atoms with Crippen LogP contribution in [0.4, 0.5) is 14.5 Å². The van der Waals surface area contributed by atoms with Crippen molar-refractivity contribution in [2.45, 2.75) is 39.1 Å². The molecule has 5 nitrogen and oxygen atoms in total. The van der Waals surface area contributed by atoms with Gasteiger partial charge in [0, 0.05) is 11.7 Å². The van der Waals surface area contributed by atoms with Crippen LogP contribution in [0, 0.1) is 0 Å². The quantitative estimate of drug-likeness (QED) is 0.797. The van der Waals surface area contributed by atoms with Crippen molar-refractivity contribution in [3.63, 3.8) is 0 Å². The minimum absolute atomic E-state index is 0.0510. The molecule has 2 aromatic carbocycles. The summed E-state index contributed by atoms with van der Waals surface area (Å²) in [6, 6.07) is 12.0. The zero-order valence-electron chi connectivity index (χ0n) is 15.4. The summed E-state index contributed by atoms with van der Waals surface area (Å²) >= 11 is 0. The highest BCUT2D eigenvalue weighted by atomic mass is 19.3. The molecular formula is C20H22F2N2O3. The van der Waals surface area contributed by atoms with Gasteiger partial charge in [0.25, 0.3) is 5.91 Å². The molecule has 2 aromatic rings. The Balaban J connectivity index is 2.06. The fourth-order valence-corrected chi connectivity index (χ4v) is 3.22. The number of nitrogens with one attached hydrogen (secondary N) is 1. The summed E-state index contributed by atoms with van der Waals surface area (Å²) in [5, 5.41) is 3.35. The van der Waals surface area contributed by atoms with E-state index in [4.69, 9.17) is 4.74 Å². The first kappa shape index (κ1) is 18.9. The number of rotatable bonds is 6. The van der Waals surface area contributed by atoms with Gasteiger partial charge in [0.2, 0.25) is 0 Å². The molecule has 7 heteroatoms. The van der Waals surface area contributed by atoms with Gasteiger partial charge in [0.05, 0.1) is 12.7 Å². The van der Waals surface area contributed by atoms with Crippen LogP contribution in [0.1, 0.15) is 42.4 Å². The first-order valence-electron chi connectivity index (χ1n) is 8.77. The monoisotopic (exact) mass is 376 g/mol. The van der Waals surface area contributed by atoms with Gasteiger partial charge in [-0.2, -0.15) is 8.78 Å². The second-order valence-electron chi connectivity index (χ2n) is 6.35. The minimum Gasteiger partial charge on any atom is -0.493 e. The molecule has 3 rings (SSSR count). The number of hydrogen-bond acceptors (Lipinski definition) is 4. The number of hydrogen-bond donors (Lipinski definition) is 1. The number of amides is 1. The normalized spacial score (nSPS) is 17.3. The van der Waals surface area contributed by atoms with Crippen LogP contribution in [-0.4, -0.2) is 30.6 Å². The molecule has 1 amide bonds. The molecule has 1 heterocycles. The number of carbonyl (C=O) groups excluding carboxylic acids is 1. The maximum absolute atomic E-state index is 13.1. The molecule has 0 saturated carbocycles. The smallest absolute Gasteiger partial charge is 0.387 e. The summed E-state index contributed by atoms with van der Waals surface area (Å²) in [7, 11) is 1.39. The number of ether oxygens (including phenoxy) is 2. The molecule has 2 atom stereocenters. The van der Waals surface area contributed by atoms with E-state index in [0.717, 1.165) is 6.42 Å². The molecular weight excluding hydrogens is 354 g/mol. The van der Waals surface area contributed by atoms with E-state index in [-0.39, 0.29) is 23.4 Å². The van der Waals surface area contributed by atoms with Crippen LogP contribution in [-0.2, 0) is 0 Å². The third-order valence-electron chi connectivity index (χ3n) is 4.75. The van der Waals surface area contributed by atoms with Crippen molar-refractivity contribution < 1.29 is 23.0 Å². The van der Waals surface area contributed by atoms with E-state index in [1.54, 1.807) is 23.1 Å². The van der Waals surface area contributed by atoms with E-state index >= 15 is 0 Å². The van der Waals surface area contributed by atoms with E-state index in [1.165, 1.54) is 13.2 Å². The van der Waals surface area contributed by atoms with Gasteiger partial charge in [0.15, 0.2) is 11.5 Å². The number of halogens is 2. The second kappa shape index (κ2) is 7.82. The average molecular weight is 376 g/mol. The molecule has 0 saturated heterocycles. The van der Waals surface area contributed by atoms with E-state index in [2.05, 4.69) is 10.1 Å². The maximum atomic E-state index is 13.1. The first-order valence-corrected chi connectivity index (χ1v) is 8.77. The Hall–Kier alpha value is -2.83. The summed E-state index contributed by atoms with van der Waals surface area (Å²) in [5.74, 6) is 0.0368. The summed E-state index contributed by atoms with van der Waals surface area (Å²) in [6.07, 6.45) is 0.246. The molecule has 27 heavy (non-hydrogen) atoms. The lowest BCUT2D eigenvalue weighted by Gasteiger charge is -2.41. The molecule has 0 aliphatic carbocycles. The van der Waals surface area contributed by atoms with Crippen molar-refractivity contribution in [2.75, 3.05) is 12.4 Å². The fourth-order valence-electron chi connectivity index (χ4n) is 3.22. The maximum Gasteiger partial charge on any atom is 0.387 e. The summed E-state index contributed by atoms with van der Waals surface area (Å²) in [5.41, 5.74) is 1.93. The molecule has 144 valence electrons. The number of fused-ring (bicyclic) bond motifs is 1. The van der Waals surface area contributed by atoms with Gasteiger partial charge in [-0.15, -0.1) is 0 Å². The van der Waals surface area contributed by atoms with Crippen molar-refractivity contribution >= 4 is 11.6 Å². The van der Waals surface area contributed by atoms with Gasteiger partial charge in [-0.25, -0.2) is 0 Å². The Labute approximate surface area is 156 Å². The minimum atomic E-state index is -2.97. The molecule has 0 bridgehead atoms. The van der Waals surface area contributed by atoms with Gasteiger partial charge in [-0.3, -0.25) is 4.79 Å². The van der Waals surface area contributed by atoms with Crippen molar-refractivity contribution in [2.24, 2.45) is 0 Å². The van der Waals surface area contributed by atoms with Gasteiger partial charge in [-0.1, -0.05) is 25.1 Å². The zero-order chi connectivity index (χ0) is 19.6. The summed E-state index contributed by atoms with van der Waals surface area (Å²) < 4.78 is 35.2. The number of benzene rings is 2. The van der Waals surface area contributed by atoms with Crippen molar-refractivity contribution in [1.29, 1.82) is 0 Å². The molecule has 0 aromatic heterocycles. The fraction of sp³-hybridized carbons (Fsp3) is 0.350. The third kappa shape index (κ3) is 3.67. The predicted octanol–water partition coefficient (Wildman–Crippen LogP) is 4.66. The van der Waals surface area contributed by atoms with E-state index in [1.807, 2.05) is 32.0 Å². The Morgan fingerprint density at radius 1 is 1.19 bits per heavy atom. The number of methoxy groups -OCH3 is 1. The third-order valence-corrected chi connectivity index (χ3v) is 4.75. The van der Waals surface area contributed by atoms with Gasteiger partial charge in [-0.05, 0) is 43.2 Å². The molecule has 0 radical (unpaired) electrons. The lowest BCUT2D eigenvalue weighted by molar-refractivity contribution is -0.0513. The van der Waals surface area contributed by atoms with E-state index in [9.17, 15) is 13.6 Å². The molecule has 1 N–H and O–H groups in total. The molecule has 0 fully saturated rings. The van der Waals surface area contributed by atoms with Crippen LogP contribution in [0.15, 0.2) is 42.5 Å². The predicted molar refractivity (Wildman–Crippen MR) is 98.4 cm³/mol. The van der Waals surface area contributed by atoms with E-state index in [0.29, 0.717) is 16.8 Å². The number of para-hydroxylation sites is 1. The number of nitrogens with zero attached hydrogens (tertiary/aromatic N) is 1. The number of anilines is 1. The van der Waals surface area contributed by atoms with Crippen LogP contribution in [0.3, 0.4) is 0 Å². The zero-order valence-corrected chi connectivity index (χ0v) is 15.4. The second-order valence-corrected chi connectivity index (χ2v) is 6.35. The van der Waals surface area contributed by atoms with Crippen LogP contribution in [0.25, 0.3) is 0 Å². The largest absolute Gasteiger partial charge is 0.493 e. The van der Waals surface area contributed by atoms with Crippen molar-refractivity contribution in [3.05, 3.63) is 53.6 Å². The topological polar surface area (TPSA) is 50.8 Å². The Morgan fingerprint density at radius 3 is 2.59 bits per heavy atom. The lowest BCUT2D eigenvalue weighted by atomic mass is 10.0. The lowest BCUT2D eigenvalue weighted by Crippen LogP contribution is -2.47. The summed E-state index contributed by atoms with van der Waals surface area (Å²) in [6.45, 7) is 0.983.